The van der Waals surface area contributed by atoms with Gasteiger partial charge in [-0.2, -0.15) is 5.10 Å². The molecule has 0 spiro atoms. The number of nitrogens with zero attached hydrogens (tertiary/aromatic N) is 2. The number of nitrogens with one attached hydrogen (secondary N) is 1. The maximum atomic E-state index is 13.0. The molecule has 1 aliphatic rings. The van der Waals surface area contributed by atoms with Gasteiger partial charge in [0.15, 0.2) is 0 Å². The van der Waals surface area contributed by atoms with Crippen LogP contribution >= 0.6 is 0 Å². The molecule has 1 amide bonds. The van der Waals surface area contributed by atoms with E-state index in [2.05, 4.69) is 39.4 Å². The zero-order valence-corrected chi connectivity index (χ0v) is 16.0. The van der Waals surface area contributed by atoms with E-state index < -0.39 is 0 Å². The molecule has 144 valence electrons. The van der Waals surface area contributed by atoms with Gasteiger partial charge in [-0.05, 0) is 61.9 Å². The number of rotatable bonds is 5. The predicted octanol–water partition coefficient (Wildman–Crippen LogP) is 4.59. The highest BCUT2D eigenvalue weighted by molar-refractivity contribution is 5.99. The minimum atomic E-state index is -0.289. The average Bonchev–Trinajstić information content (AvgIpc) is 3.05. The number of aryl methyl sites for hydroxylation is 2. The molecule has 3 aromatic rings. The number of carbonyl (C=O) groups excluding carboxylic acids is 1. The summed E-state index contributed by atoms with van der Waals surface area (Å²) in [4.78, 5) is 12.3. The third kappa shape index (κ3) is 3.70. The van der Waals surface area contributed by atoms with Crippen LogP contribution in [0.2, 0.25) is 0 Å². The predicted molar refractivity (Wildman–Crippen MR) is 110 cm³/mol. The van der Waals surface area contributed by atoms with Crippen molar-refractivity contribution in [3.05, 3.63) is 71.2 Å². The van der Waals surface area contributed by atoms with Crippen LogP contribution in [0.15, 0.2) is 53.6 Å². The highest BCUT2D eigenvalue weighted by Gasteiger charge is 2.19. The number of halogens is 1. The van der Waals surface area contributed by atoms with Gasteiger partial charge in [-0.3, -0.25) is 4.79 Å². The summed E-state index contributed by atoms with van der Waals surface area (Å²) in [7, 11) is 0. The number of hydrogen-bond donors (Lipinski definition) is 1. The van der Waals surface area contributed by atoms with Gasteiger partial charge < -0.3 is 4.57 Å². The summed E-state index contributed by atoms with van der Waals surface area (Å²) in [5, 5.41) is 5.48. The minimum absolute atomic E-state index is 0.121. The van der Waals surface area contributed by atoms with E-state index in [1.165, 1.54) is 47.1 Å². The lowest BCUT2D eigenvalue weighted by Crippen LogP contribution is -2.21. The van der Waals surface area contributed by atoms with Crippen molar-refractivity contribution in [1.29, 1.82) is 0 Å². The summed E-state index contributed by atoms with van der Waals surface area (Å²) in [6, 6.07) is 14.5. The van der Waals surface area contributed by atoms with Crippen LogP contribution in [0.5, 0.6) is 0 Å². The number of aromatic nitrogens is 1. The number of amides is 1. The van der Waals surface area contributed by atoms with Crippen molar-refractivity contribution >= 4 is 22.5 Å². The fraction of sp³-hybridized carbons (Fsp3) is 0.304. The Bertz CT molecular complexity index is 1030. The molecular formula is C23H24FN3O. The summed E-state index contributed by atoms with van der Waals surface area (Å²) >= 11 is 0. The molecule has 5 heteroatoms. The number of carbonyl (C=O) groups is 1. The molecule has 1 aromatic heterocycles. The molecule has 1 N–H and O–H groups in total. The normalized spacial score (nSPS) is 14.1. The smallest absolute Gasteiger partial charge is 0.241 e. The van der Waals surface area contributed by atoms with Gasteiger partial charge in [-0.15, -0.1) is 0 Å². The molecule has 0 unspecified atom stereocenters. The second-order valence-electron chi connectivity index (χ2n) is 7.29. The van der Waals surface area contributed by atoms with E-state index in [1.807, 2.05) is 0 Å². The summed E-state index contributed by atoms with van der Waals surface area (Å²) in [5.41, 5.74) is 8.11. The van der Waals surface area contributed by atoms with Crippen molar-refractivity contribution in [2.45, 2.75) is 45.6 Å². The Balaban J connectivity index is 1.45. The summed E-state index contributed by atoms with van der Waals surface area (Å²) in [6.07, 6.45) is 5.00. The van der Waals surface area contributed by atoms with E-state index in [0.717, 1.165) is 18.4 Å². The van der Waals surface area contributed by atoms with Crippen LogP contribution in [0.4, 0.5) is 4.39 Å². The molecule has 2 aromatic carbocycles. The van der Waals surface area contributed by atoms with Crippen molar-refractivity contribution < 1.29 is 9.18 Å². The topological polar surface area (TPSA) is 46.4 Å². The maximum Gasteiger partial charge on any atom is 0.241 e. The van der Waals surface area contributed by atoms with Crippen LogP contribution in [0.3, 0.4) is 0 Å². The SMILES string of the molecule is C/C(=N/NC(=O)CCn1c2c(c3ccccc31)CCCC2)c1ccc(F)cc1. The molecular weight excluding hydrogens is 353 g/mol. The van der Waals surface area contributed by atoms with Crippen LogP contribution in [0.1, 0.15) is 43.0 Å². The quantitative estimate of drug-likeness (QED) is 0.513. The first-order valence-corrected chi connectivity index (χ1v) is 9.81. The van der Waals surface area contributed by atoms with Crippen molar-refractivity contribution in [3.63, 3.8) is 0 Å². The molecule has 28 heavy (non-hydrogen) atoms. The van der Waals surface area contributed by atoms with Crippen molar-refractivity contribution in [3.8, 4) is 0 Å². The lowest BCUT2D eigenvalue weighted by molar-refractivity contribution is -0.121. The number of fused-ring (bicyclic) bond motifs is 3. The highest BCUT2D eigenvalue weighted by Crippen LogP contribution is 2.32. The Morgan fingerprint density at radius 3 is 2.68 bits per heavy atom. The van der Waals surface area contributed by atoms with Crippen LogP contribution in [0.25, 0.3) is 10.9 Å². The first-order valence-electron chi connectivity index (χ1n) is 9.81. The first kappa shape index (κ1) is 18.4. The summed E-state index contributed by atoms with van der Waals surface area (Å²) < 4.78 is 15.3. The van der Waals surface area contributed by atoms with Gasteiger partial charge in [0.05, 0.1) is 5.71 Å². The van der Waals surface area contributed by atoms with E-state index in [4.69, 9.17) is 0 Å². The van der Waals surface area contributed by atoms with E-state index in [-0.39, 0.29) is 11.7 Å². The molecule has 0 radical (unpaired) electrons. The molecule has 4 rings (SSSR count). The summed E-state index contributed by atoms with van der Waals surface area (Å²) in [5.74, 6) is -0.410. The van der Waals surface area contributed by atoms with Gasteiger partial charge in [-0.1, -0.05) is 30.3 Å². The average molecular weight is 377 g/mol. The van der Waals surface area contributed by atoms with Gasteiger partial charge in [0.25, 0.3) is 0 Å². The molecule has 0 bridgehead atoms. The van der Waals surface area contributed by atoms with E-state index in [0.29, 0.717) is 18.7 Å². The van der Waals surface area contributed by atoms with E-state index in [1.54, 1.807) is 19.1 Å². The van der Waals surface area contributed by atoms with Gasteiger partial charge in [0.2, 0.25) is 5.91 Å². The van der Waals surface area contributed by atoms with Crippen LogP contribution in [-0.4, -0.2) is 16.2 Å². The van der Waals surface area contributed by atoms with Crippen molar-refractivity contribution in [1.82, 2.24) is 9.99 Å². The van der Waals surface area contributed by atoms with Gasteiger partial charge >= 0.3 is 0 Å². The largest absolute Gasteiger partial charge is 0.344 e. The number of para-hydroxylation sites is 1. The van der Waals surface area contributed by atoms with Gasteiger partial charge in [0.1, 0.15) is 5.82 Å². The van der Waals surface area contributed by atoms with Crippen LogP contribution < -0.4 is 5.43 Å². The molecule has 0 saturated heterocycles. The lowest BCUT2D eigenvalue weighted by atomic mass is 9.95. The van der Waals surface area contributed by atoms with Gasteiger partial charge in [-0.25, -0.2) is 9.82 Å². The summed E-state index contributed by atoms with van der Waals surface area (Å²) in [6.45, 7) is 2.44. The molecule has 4 nitrogen and oxygen atoms in total. The van der Waals surface area contributed by atoms with Gasteiger partial charge in [0, 0.05) is 29.6 Å². The molecule has 0 aliphatic heterocycles. The standard InChI is InChI=1S/C23H24FN3O/c1-16(17-10-12-18(24)13-11-17)25-26-23(28)14-15-27-21-8-4-2-6-19(21)20-7-3-5-9-22(20)27/h2,4,6,8,10-13H,3,5,7,9,14-15H2,1H3,(H,26,28)/b25-16-. The molecule has 0 atom stereocenters. The Hall–Kier alpha value is -2.95. The van der Waals surface area contributed by atoms with Crippen molar-refractivity contribution in [2.24, 2.45) is 5.10 Å². The third-order valence-electron chi connectivity index (χ3n) is 5.46. The Kier molecular flexibility index (Phi) is 5.24. The lowest BCUT2D eigenvalue weighted by Gasteiger charge is -2.15. The molecule has 1 aliphatic carbocycles. The Morgan fingerprint density at radius 2 is 1.86 bits per heavy atom. The number of hydrazone groups is 1. The van der Waals surface area contributed by atoms with Crippen LogP contribution in [0, 0.1) is 5.82 Å². The fourth-order valence-electron chi connectivity index (χ4n) is 4.01. The van der Waals surface area contributed by atoms with E-state index in [9.17, 15) is 9.18 Å². The second kappa shape index (κ2) is 7.97. The molecule has 1 heterocycles. The zero-order valence-electron chi connectivity index (χ0n) is 16.0. The third-order valence-corrected chi connectivity index (χ3v) is 5.46. The highest BCUT2D eigenvalue weighted by atomic mass is 19.1. The minimum Gasteiger partial charge on any atom is -0.344 e. The molecule has 0 fully saturated rings. The fourth-order valence-corrected chi connectivity index (χ4v) is 4.01. The second-order valence-corrected chi connectivity index (χ2v) is 7.29. The molecule has 0 saturated carbocycles. The van der Waals surface area contributed by atoms with E-state index >= 15 is 0 Å². The van der Waals surface area contributed by atoms with Crippen molar-refractivity contribution in [2.75, 3.05) is 0 Å². The zero-order chi connectivity index (χ0) is 19.5. The number of benzene rings is 2. The Labute approximate surface area is 164 Å². The van der Waals surface area contributed by atoms with Crippen LogP contribution in [-0.2, 0) is 24.2 Å². The monoisotopic (exact) mass is 377 g/mol. The maximum absolute atomic E-state index is 13.0. The number of hydrogen-bond acceptors (Lipinski definition) is 2. The first-order chi connectivity index (χ1) is 13.6. The Morgan fingerprint density at radius 1 is 1.11 bits per heavy atom.